The van der Waals surface area contributed by atoms with Gasteiger partial charge in [-0.1, -0.05) is 0 Å². The molecule has 0 saturated carbocycles. The van der Waals surface area contributed by atoms with E-state index in [9.17, 15) is 0 Å². The van der Waals surface area contributed by atoms with Gasteiger partial charge in [0, 0.05) is 0 Å². The van der Waals surface area contributed by atoms with Crippen LogP contribution in [-0.2, 0) is 0 Å². The summed E-state index contributed by atoms with van der Waals surface area (Å²) in [5.41, 5.74) is 0.901. The van der Waals surface area contributed by atoms with E-state index < -0.39 is 0 Å². The van der Waals surface area contributed by atoms with Gasteiger partial charge in [-0.3, -0.25) is 0 Å². The van der Waals surface area contributed by atoms with Crippen LogP contribution in [-0.4, -0.2) is 34.7 Å². The predicted molar refractivity (Wildman–Crippen MR) is 76.8 cm³/mol. The number of hydrogen-bond donors (Lipinski definition) is 0. The van der Waals surface area contributed by atoms with Crippen molar-refractivity contribution in [3.63, 3.8) is 0 Å². The summed E-state index contributed by atoms with van der Waals surface area (Å²) >= 11 is 1.49. The molecule has 16 heavy (non-hydrogen) atoms. The third kappa shape index (κ3) is 1.88. The molecule has 1 aliphatic heterocycles. The van der Waals surface area contributed by atoms with Crippen LogP contribution in [0.3, 0.4) is 0 Å². The van der Waals surface area contributed by atoms with Crippen LogP contribution >= 0.6 is 5.30 Å². The van der Waals surface area contributed by atoms with Gasteiger partial charge >= 0.3 is 110 Å². The maximum atomic E-state index is 2.41. The van der Waals surface area contributed by atoms with Crippen LogP contribution in [0.4, 0.5) is 0 Å². The zero-order valence-electron chi connectivity index (χ0n) is 9.31. The summed E-state index contributed by atoms with van der Waals surface area (Å²) in [4.78, 5) is 0. The monoisotopic (exact) mass is 360 g/mol. The summed E-state index contributed by atoms with van der Waals surface area (Å²) in [6, 6.07) is 13.7. The van der Waals surface area contributed by atoms with Crippen LogP contribution < -0.4 is 8.92 Å². The standard InChI is InChI=1S/C13H13PSe2/c1-9(2)14-15-11-7-3-5-10-6-4-8-12(16-14)13(10)11/h3-9H,1-2H3. The molecule has 0 atom stereocenters. The first kappa shape index (κ1) is 11.3. The molecule has 3 rings (SSSR count). The molecule has 0 bridgehead atoms. The van der Waals surface area contributed by atoms with Crippen molar-refractivity contribution in [2.45, 2.75) is 19.5 Å². The molecule has 0 nitrogen and oxygen atoms in total. The van der Waals surface area contributed by atoms with Gasteiger partial charge in [0.1, 0.15) is 0 Å². The fourth-order valence-electron chi connectivity index (χ4n) is 1.85. The Balaban J connectivity index is 2.20. The van der Waals surface area contributed by atoms with Gasteiger partial charge in [0.2, 0.25) is 0 Å². The topological polar surface area (TPSA) is 0 Å². The van der Waals surface area contributed by atoms with Gasteiger partial charge < -0.3 is 0 Å². The first-order valence-electron chi connectivity index (χ1n) is 5.42. The zero-order valence-corrected chi connectivity index (χ0v) is 13.6. The Hall–Kier alpha value is 0.169. The van der Waals surface area contributed by atoms with Crippen molar-refractivity contribution in [1.29, 1.82) is 0 Å². The van der Waals surface area contributed by atoms with Crippen molar-refractivity contribution in [3.05, 3.63) is 36.4 Å². The van der Waals surface area contributed by atoms with Gasteiger partial charge in [-0.15, -0.1) is 0 Å². The molecule has 0 unspecified atom stereocenters. The minimum atomic E-state index is 0.282. The zero-order chi connectivity index (χ0) is 11.1. The molecule has 3 heteroatoms. The van der Waals surface area contributed by atoms with Gasteiger partial charge in [-0.2, -0.15) is 0 Å². The van der Waals surface area contributed by atoms with E-state index in [1.54, 1.807) is 14.3 Å². The molecule has 82 valence electrons. The molecule has 0 radical (unpaired) electrons. The first-order valence-corrected chi connectivity index (χ1v) is 13.0. The normalized spacial score (nSPS) is 15.9. The third-order valence-corrected chi connectivity index (χ3v) is 20.6. The van der Waals surface area contributed by atoms with E-state index >= 15 is 0 Å². The molecule has 0 saturated heterocycles. The average molecular weight is 358 g/mol. The predicted octanol–water partition coefficient (Wildman–Crippen LogP) is 2.23. The van der Waals surface area contributed by atoms with Crippen molar-refractivity contribution in [2.75, 3.05) is 0 Å². The molecule has 0 amide bonds. The van der Waals surface area contributed by atoms with Gasteiger partial charge in [0.05, 0.1) is 0 Å². The molecular weight excluding hydrogens is 345 g/mol. The summed E-state index contributed by atoms with van der Waals surface area (Å²) in [6.07, 6.45) is 0. The Kier molecular flexibility index (Phi) is 3.13. The van der Waals surface area contributed by atoms with E-state index in [-0.39, 0.29) is 5.30 Å². The van der Waals surface area contributed by atoms with E-state index in [0.29, 0.717) is 0 Å². The SMILES string of the molecule is CC(C)P1[Se]c2cccc3cccc(c23)[Se]1. The molecule has 0 fully saturated rings. The van der Waals surface area contributed by atoms with E-state index in [0.717, 1.165) is 34.7 Å². The molecule has 2 aromatic carbocycles. The molecule has 0 spiro atoms. The Labute approximate surface area is 109 Å². The van der Waals surface area contributed by atoms with Gasteiger partial charge in [0.15, 0.2) is 0 Å². The Morgan fingerprint density at radius 2 is 1.50 bits per heavy atom. The van der Waals surface area contributed by atoms with Crippen LogP contribution in [0.1, 0.15) is 13.8 Å². The summed E-state index contributed by atoms with van der Waals surface area (Å²) in [5.74, 6) is 0. The Morgan fingerprint density at radius 3 is 2.00 bits per heavy atom. The van der Waals surface area contributed by atoms with E-state index in [1.807, 2.05) is 0 Å². The molecular formula is C13H13PSe2. The number of rotatable bonds is 1. The fourth-order valence-corrected chi connectivity index (χ4v) is 18.3. The van der Waals surface area contributed by atoms with Crippen LogP contribution in [0.2, 0.25) is 0 Å². The van der Waals surface area contributed by atoms with Crippen molar-refractivity contribution >= 4 is 54.0 Å². The molecule has 0 aromatic heterocycles. The minimum absolute atomic E-state index is 0.282. The summed E-state index contributed by atoms with van der Waals surface area (Å²) in [5, 5.41) is 3.34. The second-order valence-electron chi connectivity index (χ2n) is 4.17. The second kappa shape index (κ2) is 4.45. The number of benzene rings is 2. The third-order valence-electron chi connectivity index (χ3n) is 2.63. The summed E-state index contributed by atoms with van der Waals surface area (Å²) < 4.78 is 3.32. The van der Waals surface area contributed by atoms with Crippen LogP contribution in [0.25, 0.3) is 10.8 Å². The first-order chi connectivity index (χ1) is 7.75. The quantitative estimate of drug-likeness (QED) is 0.542. The van der Waals surface area contributed by atoms with Crippen molar-refractivity contribution in [2.24, 2.45) is 0 Å². The van der Waals surface area contributed by atoms with Gasteiger partial charge in [-0.25, -0.2) is 0 Å². The van der Waals surface area contributed by atoms with E-state index in [1.165, 1.54) is 5.39 Å². The molecule has 1 aliphatic rings. The Bertz CT molecular complexity index is 496. The summed E-state index contributed by atoms with van der Waals surface area (Å²) in [7, 11) is 0. The van der Waals surface area contributed by atoms with Crippen LogP contribution in [0.5, 0.6) is 0 Å². The molecule has 2 aromatic rings. The second-order valence-corrected chi connectivity index (χ2v) is 18.8. The Morgan fingerprint density at radius 1 is 0.938 bits per heavy atom. The average Bonchev–Trinajstić information content (AvgIpc) is 2.29. The van der Waals surface area contributed by atoms with Crippen molar-refractivity contribution < 1.29 is 0 Å². The maximum absolute atomic E-state index is 2.41. The van der Waals surface area contributed by atoms with Crippen LogP contribution in [0, 0.1) is 0 Å². The van der Waals surface area contributed by atoms with E-state index in [4.69, 9.17) is 0 Å². The van der Waals surface area contributed by atoms with Crippen molar-refractivity contribution in [3.8, 4) is 0 Å². The number of hydrogen-bond acceptors (Lipinski definition) is 0. The van der Waals surface area contributed by atoms with Gasteiger partial charge in [0.25, 0.3) is 0 Å². The van der Waals surface area contributed by atoms with Gasteiger partial charge in [-0.05, 0) is 0 Å². The van der Waals surface area contributed by atoms with Crippen molar-refractivity contribution in [1.82, 2.24) is 0 Å². The summed E-state index contributed by atoms with van der Waals surface area (Å²) in [6.45, 7) is 4.81. The fraction of sp³-hybridized carbons (Fsp3) is 0.231. The molecule has 0 N–H and O–H groups in total. The van der Waals surface area contributed by atoms with E-state index in [2.05, 4.69) is 50.2 Å². The molecule has 1 heterocycles. The molecule has 0 aliphatic carbocycles. The van der Waals surface area contributed by atoms with Crippen LogP contribution in [0.15, 0.2) is 36.4 Å².